The topological polar surface area (TPSA) is 62.0 Å². The second kappa shape index (κ2) is 4.59. The third-order valence-corrected chi connectivity index (χ3v) is 3.14. The Kier molecular flexibility index (Phi) is 3.14. The zero-order valence-corrected chi connectivity index (χ0v) is 10.3. The molecule has 0 spiro atoms. The molecule has 1 heterocycles. The number of H-pyrrole nitrogens is 1. The Morgan fingerprint density at radius 2 is 2.33 bits per heavy atom. The molecule has 0 aliphatic carbocycles. The number of nitrogens with one attached hydrogen (secondary N) is 1. The Morgan fingerprint density at radius 3 is 2.94 bits per heavy atom. The summed E-state index contributed by atoms with van der Waals surface area (Å²) in [6.45, 7) is 5.45. The third-order valence-electron chi connectivity index (χ3n) is 3.14. The molecule has 2 rings (SSSR count). The molecule has 0 saturated carbocycles. The normalized spacial score (nSPS) is 12.3. The molecule has 0 radical (unpaired) electrons. The number of rotatable bonds is 3. The van der Waals surface area contributed by atoms with Crippen LogP contribution in [0.25, 0.3) is 10.9 Å². The van der Waals surface area contributed by atoms with Crippen LogP contribution in [0.5, 0.6) is 0 Å². The lowest BCUT2D eigenvalue weighted by atomic mass is 10.0. The van der Waals surface area contributed by atoms with Gasteiger partial charge in [-0.25, -0.2) is 0 Å². The summed E-state index contributed by atoms with van der Waals surface area (Å²) in [5, 5.41) is 10.4. The molecule has 0 aliphatic heterocycles. The van der Waals surface area contributed by atoms with E-state index in [0.29, 0.717) is 6.42 Å². The van der Waals surface area contributed by atoms with Crippen LogP contribution in [0.4, 0.5) is 0 Å². The van der Waals surface area contributed by atoms with Gasteiger partial charge in [0.1, 0.15) is 5.76 Å². The van der Waals surface area contributed by atoms with Crippen LogP contribution < -0.4 is 5.73 Å². The van der Waals surface area contributed by atoms with Gasteiger partial charge in [-0.3, -0.25) is 0 Å². The molecule has 4 N–H and O–H groups in total. The predicted molar refractivity (Wildman–Crippen MR) is 74.4 cm³/mol. The van der Waals surface area contributed by atoms with Gasteiger partial charge in [0, 0.05) is 22.2 Å². The highest BCUT2D eigenvalue weighted by molar-refractivity contribution is 5.86. The van der Waals surface area contributed by atoms with Crippen molar-refractivity contribution >= 4 is 10.9 Å². The van der Waals surface area contributed by atoms with Crippen molar-refractivity contribution in [1.29, 1.82) is 0 Å². The van der Waals surface area contributed by atoms with Gasteiger partial charge in [0.2, 0.25) is 0 Å². The summed E-state index contributed by atoms with van der Waals surface area (Å²) in [7, 11) is 0. The minimum Gasteiger partial charge on any atom is -0.511 e. The monoisotopic (exact) mass is 240 g/mol. The second-order valence-corrected chi connectivity index (χ2v) is 4.44. The Balaban J connectivity index is 2.48. The van der Waals surface area contributed by atoms with E-state index in [-0.39, 0.29) is 5.76 Å². The lowest BCUT2D eigenvalue weighted by Crippen LogP contribution is -2.24. The molecule has 0 fully saturated rings. The first-order valence-electron chi connectivity index (χ1n) is 5.74. The average Bonchev–Trinajstić information content (AvgIpc) is 2.64. The lowest BCUT2D eigenvalue weighted by molar-refractivity contribution is 0.368. The van der Waals surface area contributed by atoms with Crippen LogP contribution in [0.3, 0.4) is 0 Å². The Morgan fingerprint density at radius 1 is 1.61 bits per heavy atom. The average molecular weight is 240 g/mol. The van der Waals surface area contributed by atoms with E-state index < -0.39 is 6.04 Å². The summed E-state index contributed by atoms with van der Waals surface area (Å²) < 4.78 is 0. The van der Waals surface area contributed by atoms with Gasteiger partial charge >= 0.3 is 0 Å². The number of nitrogens with two attached hydrogens (primary N) is 1. The molecule has 2 aromatic rings. The summed E-state index contributed by atoms with van der Waals surface area (Å²) in [5.41, 5.74) is 9.79. The van der Waals surface area contributed by atoms with Crippen LogP contribution in [0.1, 0.15) is 16.8 Å². The lowest BCUT2D eigenvalue weighted by Gasteiger charge is -2.09. The SMILES string of the molecule is C#Cc1ccc2c(CC(N)C(=C)O)c(C)[nH]c2c1. The van der Waals surface area contributed by atoms with Gasteiger partial charge in [0.05, 0.1) is 6.04 Å². The number of aromatic nitrogens is 1. The molecule has 1 unspecified atom stereocenters. The van der Waals surface area contributed by atoms with Crippen molar-refractivity contribution in [3.05, 3.63) is 47.4 Å². The van der Waals surface area contributed by atoms with Crippen molar-refractivity contribution in [2.45, 2.75) is 19.4 Å². The van der Waals surface area contributed by atoms with Crippen molar-refractivity contribution in [2.75, 3.05) is 0 Å². The van der Waals surface area contributed by atoms with Crippen LogP contribution in [0.2, 0.25) is 0 Å². The molecule has 3 nitrogen and oxygen atoms in total. The van der Waals surface area contributed by atoms with Crippen molar-refractivity contribution in [2.24, 2.45) is 5.73 Å². The van der Waals surface area contributed by atoms with E-state index in [1.807, 2.05) is 25.1 Å². The van der Waals surface area contributed by atoms with E-state index in [2.05, 4.69) is 17.5 Å². The second-order valence-electron chi connectivity index (χ2n) is 4.44. The maximum absolute atomic E-state index is 9.31. The van der Waals surface area contributed by atoms with Gasteiger partial charge in [-0.15, -0.1) is 6.42 Å². The van der Waals surface area contributed by atoms with E-state index in [9.17, 15) is 5.11 Å². The van der Waals surface area contributed by atoms with Crippen molar-refractivity contribution < 1.29 is 5.11 Å². The Hall–Kier alpha value is -2.18. The minimum atomic E-state index is -0.449. The zero-order valence-electron chi connectivity index (χ0n) is 10.3. The number of aliphatic hydroxyl groups excluding tert-OH is 1. The molecule has 0 aliphatic rings. The van der Waals surface area contributed by atoms with E-state index in [4.69, 9.17) is 12.2 Å². The van der Waals surface area contributed by atoms with Crippen LogP contribution >= 0.6 is 0 Å². The number of aryl methyl sites for hydroxylation is 1. The van der Waals surface area contributed by atoms with Crippen LogP contribution in [0, 0.1) is 19.3 Å². The van der Waals surface area contributed by atoms with Crippen LogP contribution in [0.15, 0.2) is 30.5 Å². The summed E-state index contributed by atoms with van der Waals surface area (Å²) >= 11 is 0. The van der Waals surface area contributed by atoms with E-state index >= 15 is 0 Å². The molecule has 1 atom stereocenters. The predicted octanol–water partition coefficient (Wildman–Crippen LogP) is 2.40. The fourth-order valence-corrected chi connectivity index (χ4v) is 2.08. The summed E-state index contributed by atoms with van der Waals surface area (Å²) in [6, 6.07) is 5.37. The minimum absolute atomic E-state index is 0.00370. The van der Waals surface area contributed by atoms with Gasteiger partial charge in [-0.05, 0) is 31.0 Å². The first-order valence-corrected chi connectivity index (χ1v) is 5.74. The third kappa shape index (κ3) is 2.11. The first-order chi connectivity index (χ1) is 8.52. The highest BCUT2D eigenvalue weighted by Crippen LogP contribution is 2.24. The molecule has 0 bridgehead atoms. The fourth-order valence-electron chi connectivity index (χ4n) is 2.08. The molecule has 1 aromatic carbocycles. The van der Waals surface area contributed by atoms with Gasteiger partial charge in [0.15, 0.2) is 0 Å². The number of aliphatic hydroxyl groups is 1. The quantitative estimate of drug-likeness (QED) is 0.570. The van der Waals surface area contributed by atoms with E-state index in [1.54, 1.807) is 0 Å². The maximum atomic E-state index is 9.31. The Labute approximate surface area is 106 Å². The van der Waals surface area contributed by atoms with Crippen LogP contribution in [-0.2, 0) is 6.42 Å². The highest BCUT2D eigenvalue weighted by atomic mass is 16.3. The number of benzene rings is 1. The molecule has 0 saturated heterocycles. The highest BCUT2D eigenvalue weighted by Gasteiger charge is 2.14. The van der Waals surface area contributed by atoms with Crippen molar-refractivity contribution in [1.82, 2.24) is 4.98 Å². The van der Waals surface area contributed by atoms with Crippen LogP contribution in [-0.4, -0.2) is 16.1 Å². The number of fused-ring (bicyclic) bond motifs is 1. The number of hydrogen-bond acceptors (Lipinski definition) is 2. The van der Waals surface area contributed by atoms with Crippen molar-refractivity contribution in [3.8, 4) is 12.3 Å². The molecule has 0 amide bonds. The molecule has 18 heavy (non-hydrogen) atoms. The molecular formula is C15H16N2O. The molecule has 3 heteroatoms. The molecule has 92 valence electrons. The summed E-state index contributed by atoms with van der Waals surface area (Å²) in [4.78, 5) is 3.28. The van der Waals surface area contributed by atoms with Gasteiger partial charge in [-0.2, -0.15) is 0 Å². The van der Waals surface area contributed by atoms with Gasteiger partial charge < -0.3 is 15.8 Å². The molecular weight excluding hydrogens is 224 g/mol. The van der Waals surface area contributed by atoms with E-state index in [1.165, 1.54) is 0 Å². The zero-order chi connectivity index (χ0) is 13.3. The number of terminal acetylenes is 1. The van der Waals surface area contributed by atoms with Crippen molar-refractivity contribution in [3.63, 3.8) is 0 Å². The summed E-state index contributed by atoms with van der Waals surface area (Å²) in [5.74, 6) is 2.61. The van der Waals surface area contributed by atoms with E-state index in [0.717, 1.165) is 27.7 Å². The number of aromatic amines is 1. The summed E-state index contributed by atoms with van der Waals surface area (Å²) in [6.07, 6.45) is 5.93. The maximum Gasteiger partial charge on any atom is 0.102 e. The van der Waals surface area contributed by atoms with Gasteiger partial charge in [-0.1, -0.05) is 18.6 Å². The smallest absolute Gasteiger partial charge is 0.102 e. The van der Waals surface area contributed by atoms with Gasteiger partial charge in [0.25, 0.3) is 0 Å². The fraction of sp³-hybridized carbons (Fsp3) is 0.200. The Bertz CT molecular complexity index is 646. The number of hydrogen-bond donors (Lipinski definition) is 3. The molecule has 1 aromatic heterocycles. The largest absolute Gasteiger partial charge is 0.511 e. The first kappa shape index (κ1) is 12.3. The standard InChI is InChI=1S/C15H16N2O/c1-4-11-5-6-12-13(8-14(16)10(3)18)9(2)17-15(12)7-11/h1,5-7,14,17-18H,3,8,16H2,2H3.